The highest BCUT2D eigenvalue weighted by molar-refractivity contribution is 7.13. The Morgan fingerprint density at radius 1 is 1.26 bits per heavy atom. The highest BCUT2D eigenvalue weighted by Gasteiger charge is 2.23. The van der Waals surface area contributed by atoms with Crippen LogP contribution in [0.1, 0.15) is 50.4 Å². The first-order chi connectivity index (χ1) is 13.0. The summed E-state index contributed by atoms with van der Waals surface area (Å²) in [6.45, 7) is 6.70. The van der Waals surface area contributed by atoms with E-state index in [4.69, 9.17) is 4.74 Å². The van der Waals surface area contributed by atoms with Crippen molar-refractivity contribution >= 4 is 28.3 Å². The number of hydrogen-bond donors (Lipinski definition) is 1. The van der Waals surface area contributed by atoms with Crippen molar-refractivity contribution in [3.05, 3.63) is 41.4 Å². The van der Waals surface area contributed by atoms with Crippen molar-refractivity contribution in [1.29, 1.82) is 0 Å². The first kappa shape index (κ1) is 20.9. The topological polar surface area (TPSA) is 71.5 Å². The van der Waals surface area contributed by atoms with Gasteiger partial charge in [0, 0.05) is 23.2 Å². The summed E-state index contributed by atoms with van der Waals surface area (Å²) in [6.07, 6.45) is 4.46. The number of anilines is 1. The summed E-state index contributed by atoms with van der Waals surface area (Å²) in [7, 11) is 0. The van der Waals surface area contributed by atoms with Gasteiger partial charge < -0.3 is 15.0 Å². The number of carbonyl (C=O) groups is 2. The van der Waals surface area contributed by atoms with Crippen molar-refractivity contribution in [2.45, 2.75) is 46.1 Å². The molecule has 146 valence electrons. The number of carbonyl (C=O) groups excluding carboxylic acids is 2. The standard InChI is InChI=1S/C20H27N3O3S/c1-4-6-12-26-17-9-7-16(8-10-17)19(25)23(15(3)5-2)14-18(24)22-20-21-11-13-27-20/h7-11,13,15H,4-6,12,14H2,1-3H3,(H,21,22,24). The fourth-order valence-electron chi connectivity index (χ4n) is 2.44. The summed E-state index contributed by atoms with van der Waals surface area (Å²) < 4.78 is 5.64. The molecule has 7 heteroatoms. The zero-order chi connectivity index (χ0) is 19.6. The first-order valence-electron chi connectivity index (χ1n) is 9.28. The predicted molar refractivity (Wildman–Crippen MR) is 108 cm³/mol. The van der Waals surface area contributed by atoms with Gasteiger partial charge in [-0.1, -0.05) is 20.3 Å². The second-order valence-corrected chi connectivity index (χ2v) is 7.20. The van der Waals surface area contributed by atoms with E-state index < -0.39 is 0 Å². The van der Waals surface area contributed by atoms with E-state index in [0.717, 1.165) is 25.0 Å². The number of rotatable bonds is 10. The Morgan fingerprint density at radius 3 is 2.59 bits per heavy atom. The highest BCUT2D eigenvalue weighted by atomic mass is 32.1. The smallest absolute Gasteiger partial charge is 0.254 e. The van der Waals surface area contributed by atoms with Crippen LogP contribution in [-0.4, -0.2) is 40.9 Å². The van der Waals surface area contributed by atoms with Crippen LogP contribution in [0.4, 0.5) is 5.13 Å². The van der Waals surface area contributed by atoms with Gasteiger partial charge in [-0.05, 0) is 44.0 Å². The number of aromatic nitrogens is 1. The minimum Gasteiger partial charge on any atom is -0.494 e. The minimum atomic E-state index is -0.252. The summed E-state index contributed by atoms with van der Waals surface area (Å²) in [5.41, 5.74) is 0.542. The molecule has 2 rings (SSSR count). The lowest BCUT2D eigenvalue weighted by molar-refractivity contribution is -0.117. The monoisotopic (exact) mass is 389 g/mol. The molecule has 1 heterocycles. The third-order valence-corrected chi connectivity index (χ3v) is 4.93. The van der Waals surface area contributed by atoms with Crippen LogP contribution in [0.2, 0.25) is 0 Å². The van der Waals surface area contributed by atoms with Crippen molar-refractivity contribution in [2.24, 2.45) is 0 Å². The number of ether oxygens (including phenoxy) is 1. The maximum Gasteiger partial charge on any atom is 0.254 e. The van der Waals surface area contributed by atoms with Crippen LogP contribution < -0.4 is 10.1 Å². The predicted octanol–water partition coefficient (Wildman–Crippen LogP) is 4.20. The maximum atomic E-state index is 12.9. The lowest BCUT2D eigenvalue weighted by Gasteiger charge is -2.28. The van der Waals surface area contributed by atoms with Crippen molar-refractivity contribution in [3.8, 4) is 5.75 Å². The van der Waals surface area contributed by atoms with E-state index in [1.54, 1.807) is 40.7 Å². The molecule has 1 N–H and O–H groups in total. The van der Waals surface area contributed by atoms with Crippen molar-refractivity contribution in [2.75, 3.05) is 18.5 Å². The molecule has 0 aliphatic heterocycles. The Labute approximate surface area is 164 Å². The van der Waals surface area contributed by atoms with Crippen LogP contribution in [0, 0.1) is 0 Å². The molecule has 1 aromatic heterocycles. The molecule has 1 unspecified atom stereocenters. The molecule has 2 aromatic rings. The van der Waals surface area contributed by atoms with Gasteiger partial charge in [0.15, 0.2) is 5.13 Å². The molecule has 1 atom stereocenters. The van der Waals surface area contributed by atoms with Crippen molar-refractivity contribution < 1.29 is 14.3 Å². The van der Waals surface area contributed by atoms with E-state index in [9.17, 15) is 9.59 Å². The van der Waals surface area contributed by atoms with Crippen molar-refractivity contribution in [1.82, 2.24) is 9.88 Å². The number of nitrogens with zero attached hydrogens (tertiary/aromatic N) is 2. The zero-order valence-corrected chi connectivity index (χ0v) is 16.9. The molecule has 0 aliphatic carbocycles. The molecule has 0 bridgehead atoms. The van der Waals surface area contributed by atoms with Crippen molar-refractivity contribution in [3.63, 3.8) is 0 Å². The van der Waals surface area contributed by atoms with Gasteiger partial charge in [0.1, 0.15) is 12.3 Å². The number of hydrogen-bond acceptors (Lipinski definition) is 5. The van der Waals surface area contributed by atoms with Crippen LogP contribution in [0.25, 0.3) is 0 Å². The Hall–Kier alpha value is -2.41. The quantitative estimate of drug-likeness (QED) is 0.618. The number of amides is 2. The van der Waals surface area contributed by atoms with E-state index >= 15 is 0 Å². The molecule has 27 heavy (non-hydrogen) atoms. The molecule has 0 fully saturated rings. The fourth-order valence-corrected chi connectivity index (χ4v) is 2.99. The highest BCUT2D eigenvalue weighted by Crippen LogP contribution is 2.17. The molecule has 0 spiro atoms. The van der Waals surface area contributed by atoms with E-state index in [1.165, 1.54) is 11.3 Å². The van der Waals surface area contributed by atoms with Gasteiger partial charge in [-0.2, -0.15) is 0 Å². The number of thiazole rings is 1. The minimum absolute atomic E-state index is 0.0117. The Balaban J connectivity index is 2.04. The molecule has 0 radical (unpaired) electrons. The molecule has 0 saturated heterocycles. The maximum absolute atomic E-state index is 12.9. The average molecular weight is 390 g/mol. The second-order valence-electron chi connectivity index (χ2n) is 6.30. The van der Waals surface area contributed by atoms with Crippen LogP contribution in [0.5, 0.6) is 5.75 Å². The SMILES string of the molecule is CCCCOc1ccc(C(=O)N(CC(=O)Nc2nccs2)C(C)CC)cc1. The Kier molecular flexibility index (Phi) is 8.26. The second kappa shape index (κ2) is 10.7. The van der Waals surface area contributed by atoms with E-state index in [1.807, 2.05) is 13.8 Å². The van der Waals surface area contributed by atoms with E-state index in [2.05, 4.69) is 17.2 Å². The lowest BCUT2D eigenvalue weighted by atomic mass is 10.1. The van der Waals surface area contributed by atoms with Gasteiger partial charge in [0.2, 0.25) is 5.91 Å². The van der Waals surface area contributed by atoms with Gasteiger partial charge in [0.05, 0.1) is 6.61 Å². The van der Waals surface area contributed by atoms with E-state index in [-0.39, 0.29) is 24.4 Å². The summed E-state index contributed by atoms with van der Waals surface area (Å²) in [4.78, 5) is 30.9. The molecule has 0 saturated carbocycles. The van der Waals surface area contributed by atoms with Crippen LogP contribution >= 0.6 is 11.3 Å². The van der Waals surface area contributed by atoms with Gasteiger partial charge >= 0.3 is 0 Å². The van der Waals surface area contributed by atoms with Crippen LogP contribution in [-0.2, 0) is 4.79 Å². The summed E-state index contributed by atoms with van der Waals surface area (Å²) in [5.74, 6) is 0.327. The average Bonchev–Trinajstić information content (AvgIpc) is 3.18. The first-order valence-corrected chi connectivity index (χ1v) is 10.2. The molecule has 1 aromatic carbocycles. The van der Waals surface area contributed by atoms with Gasteiger partial charge in [-0.25, -0.2) is 4.98 Å². The summed E-state index contributed by atoms with van der Waals surface area (Å²) in [6, 6.07) is 7.04. The number of nitrogens with one attached hydrogen (secondary N) is 1. The third kappa shape index (κ3) is 6.36. The molecule has 2 amide bonds. The van der Waals surface area contributed by atoms with Gasteiger partial charge in [0.25, 0.3) is 5.91 Å². The van der Waals surface area contributed by atoms with E-state index in [0.29, 0.717) is 17.3 Å². The lowest BCUT2D eigenvalue weighted by Crippen LogP contribution is -2.43. The fraction of sp³-hybridized carbons (Fsp3) is 0.450. The molecular weight excluding hydrogens is 362 g/mol. The molecule has 0 aliphatic rings. The molecular formula is C20H27N3O3S. The Morgan fingerprint density at radius 2 is 2.00 bits per heavy atom. The summed E-state index contributed by atoms with van der Waals surface area (Å²) in [5, 5.41) is 5.05. The number of unbranched alkanes of at least 4 members (excludes halogenated alkanes) is 1. The van der Waals surface area contributed by atoms with Gasteiger partial charge in [-0.15, -0.1) is 11.3 Å². The number of benzene rings is 1. The van der Waals surface area contributed by atoms with Crippen LogP contribution in [0.15, 0.2) is 35.8 Å². The Bertz CT molecular complexity index is 717. The zero-order valence-electron chi connectivity index (χ0n) is 16.1. The van der Waals surface area contributed by atoms with Crippen LogP contribution in [0.3, 0.4) is 0 Å². The largest absolute Gasteiger partial charge is 0.494 e. The molecule has 6 nitrogen and oxygen atoms in total. The third-order valence-electron chi connectivity index (χ3n) is 4.24. The summed E-state index contributed by atoms with van der Waals surface area (Å²) >= 11 is 1.35. The van der Waals surface area contributed by atoms with Gasteiger partial charge in [-0.3, -0.25) is 9.59 Å². The normalized spacial score (nSPS) is 11.7.